The molecule has 4 rings (SSSR count). The number of hydrogen-bond acceptors (Lipinski definition) is 4. The third-order valence-electron chi connectivity index (χ3n) is 7.40. The van der Waals surface area contributed by atoms with E-state index in [1.165, 1.54) is 0 Å². The largest absolute Gasteiger partial charge is 0.493 e. The Morgan fingerprint density at radius 1 is 1.15 bits per heavy atom. The van der Waals surface area contributed by atoms with Crippen LogP contribution >= 0.6 is 11.6 Å². The molecule has 2 amide bonds. The maximum Gasteiger partial charge on any atom is 0.224 e. The molecule has 8 heteroatoms. The third kappa shape index (κ3) is 7.85. The molecule has 2 aromatic carbocycles. The summed E-state index contributed by atoms with van der Waals surface area (Å²) in [5, 5.41) is 0.598. The number of piperidine rings is 1. The molecule has 1 saturated heterocycles. The van der Waals surface area contributed by atoms with Gasteiger partial charge in [0.25, 0.3) is 0 Å². The van der Waals surface area contributed by atoms with E-state index in [4.69, 9.17) is 16.3 Å². The second-order valence-corrected chi connectivity index (χ2v) is 11.4. The summed E-state index contributed by atoms with van der Waals surface area (Å²) >= 11 is 6.18. The number of likely N-dealkylation sites (tertiary alicyclic amines) is 1. The number of amides is 2. The molecule has 1 fully saturated rings. The van der Waals surface area contributed by atoms with E-state index in [9.17, 15) is 9.59 Å². The Morgan fingerprint density at radius 2 is 1.95 bits per heavy atom. The van der Waals surface area contributed by atoms with E-state index in [1.807, 2.05) is 60.6 Å². The molecule has 0 aliphatic carbocycles. The van der Waals surface area contributed by atoms with Gasteiger partial charge in [0.15, 0.2) is 0 Å². The number of carbonyl (C=O) groups is 2. The fraction of sp³-hybridized carbons (Fsp3) is 0.452. The lowest BCUT2D eigenvalue weighted by Crippen LogP contribution is -2.50. The number of ether oxygens (including phenoxy) is 1. The molecule has 0 N–H and O–H groups in total. The summed E-state index contributed by atoms with van der Waals surface area (Å²) in [5.74, 6) is 2.08. The average molecular weight is 551 g/mol. The SMILES string of the molecule is CC(C)c1nccn1CCC(=O)N1CCC[C@@](COc2cccc(Cl)c2)(CC(=O)N(C)Cc2ccccc2)C1. The zero-order valence-electron chi connectivity index (χ0n) is 23.2. The summed E-state index contributed by atoms with van der Waals surface area (Å²) in [6.45, 7) is 6.84. The van der Waals surface area contributed by atoms with Gasteiger partial charge in [0.05, 0.1) is 6.61 Å². The first-order chi connectivity index (χ1) is 18.7. The van der Waals surface area contributed by atoms with Gasteiger partial charge in [0, 0.05) is 74.8 Å². The van der Waals surface area contributed by atoms with Crippen molar-refractivity contribution in [1.82, 2.24) is 19.4 Å². The van der Waals surface area contributed by atoms with E-state index in [0.717, 1.165) is 24.2 Å². The Balaban J connectivity index is 1.46. The van der Waals surface area contributed by atoms with Crippen LogP contribution in [0.3, 0.4) is 0 Å². The zero-order valence-corrected chi connectivity index (χ0v) is 23.9. The second-order valence-electron chi connectivity index (χ2n) is 11.0. The number of nitrogens with zero attached hydrogens (tertiary/aromatic N) is 4. The van der Waals surface area contributed by atoms with Gasteiger partial charge in [0.1, 0.15) is 11.6 Å². The first-order valence-corrected chi connectivity index (χ1v) is 14.1. The first-order valence-electron chi connectivity index (χ1n) is 13.7. The van der Waals surface area contributed by atoms with Crippen LogP contribution < -0.4 is 4.74 Å². The predicted molar refractivity (Wildman–Crippen MR) is 154 cm³/mol. The first kappa shape index (κ1) is 28.7. The van der Waals surface area contributed by atoms with E-state index < -0.39 is 5.41 Å². The highest BCUT2D eigenvalue weighted by molar-refractivity contribution is 6.30. The minimum atomic E-state index is -0.490. The fourth-order valence-electron chi connectivity index (χ4n) is 5.31. The number of carbonyl (C=O) groups excluding carboxylic acids is 2. The topological polar surface area (TPSA) is 67.7 Å². The van der Waals surface area contributed by atoms with Crippen LogP contribution in [0.2, 0.25) is 5.02 Å². The van der Waals surface area contributed by atoms with Crippen molar-refractivity contribution in [3.05, 3.63) is 83.4 Å². The molecule has 2 heterocycles. The molecule has 1 aliphatic rings. The lowest BCUT2D eigenvalue weighted by Gasteiger charge is -2.43. The molecule has 0 unspecified atom stereocenters. The van der Waals surface area contributed by atoms with Crippen LogP contribution in [-0.2, 0) is 22.7 Å². The Kier molecular flexibility index (Phi) is 9.68. The van der Waals surface area contributed by atoms with Gasteiger partial charge in [0.2, 0.25) is 11.8 Å². The quantitative estimate of drug-likeness (QED) is 0.303. The van der Waals surface area contributed by atoms with Gasteiger partial charge in [-0.25, -0.2) is 4.98 Å². The Hall–Kier alpha value is -3.32. The van der Waals surface area contributed by atoms with E-state index >= 15 is 0 Å². The number of halogens is 1. The number of rotatable bonds is 11. The monoisotopic (exact) mass is 550 g/mol. The molecule has 3 aromatic rings. The minimum Gasteiger partial charge on any atom is -0.493 e. The minimum absolute atomic E-state index is 0.0443. The van der Waals surface area contributed by atoms with Crippen molar-refractivity contribution in [2.24, 2.45) is 5.41 Å². The predicted octanol–water partition coefficient (Wildman–Crippen LogP) is 5.79. The molecule has 0 bridgehead atoms. The Morgan fingerprint density at radius 3 is 2.69 bits per heavy atom. The maximum absolute atomic E-state index is 13.5. The molecule has 1 aliphatic heterocycles. The van der Waals surface area contributed by atoms with Gasteiger partial charge in [-0.2, -0.15) is 0 Å². The van der Waals surface area contributed by atoms with Crippen molar-refractivity contribution >= 4 is 23.4 Å². The Labute approximate surface area is 236 Å². The van der Waals surface area contributed by atoms with Crippen molar-refractivity contribution in [3.8, 4) is 5.75 Å². The van der Waals surface area contributed by atoms with Crippen molar-refractivity contribution in [1.29, 1.82) is 0 Å². The number of aromatic nitrogens is 2. The van der Waals surface area contributed by atoms with Crippen LogP contribution in [0.25, 0.3) is 0 Å². The van der Waals surface area contributed by atoms with Gasteiger partial charge in [-0.15, -0.1) is 0 Å². The summed E-state index contributed by atoms with van der Waals surface area (Å²) in [6.07, 6.45) is 6.05. The van der Waals surface area contributed by atoms with Crippen LogP contribution in [0.15, 0.2) is 67.0 Å². The number of benzene rings is 2. The summed E-state index contributed by atoms with van der Waals surface area (Å²) in [6, 6.07) is 17.3. The van der Waals surface area contributed by atoms with Crippen molar-refractivity contribution in [2.45, 2.75) is 58.5 Å². The standard InChI is InChI=1S/C31H39ClN4O3/c1-24(2)30-33-15-18-35(30)17-13-28(37)36-16-8-14-31(22-36,23-39-27-12-7-11-26(32)19-27)20-29(38)34(3)21-25-9-5-4-6-10-25/h4-7,9-12,15,18-19,24H,8,13-14,16-17,20-23H2,1-3H3/t31-/m1/s1. The van der Waals surface area contributed by atoms with Gasteiger partial charge < -0.3 is 19.1 Å². The normalized spacial score (nSPS) is 17.3. The summed E-state index contributed by atoms with van der Waals surface area (Å²) in [5.41, 5.74) is 0.592. The zero-order chi connectivity index (χ0) is 27.8. The lowest BCUT2D eigenvalue weighted by atomic mass is 9.77. The van der Waals surface area contributed by atoms with E-state index in [0.29, 0.717) is 62.3 Å². The maximum atomic E-state index is 13.5. The Bertz CT molecular complexity index is 1250. The summed E-state index contributed by atoms with van der Waals surface area (Å²) < 4.78 is 8.27. The number of imidazole rings is 1. The second kappa shape index (κ2) is 13.2. The van der Waals surface area contributed by atoms with Gasteiger partial charge in [-0.1, -0.05) is 61.8 Å². The smallest absolute Gasteiger partial charge is 0.224 e. The van der Waals surface area contributed by atoms with Gasteiger partial charge in [-0.05, 0) is 36.6 Å². The highest BCUT2D eigenvalue weighted by Gasteiger charge is 2.40. The molecule has 208 valence electrons. The lowest BCUT2D eigenvalue weighted by molar-refractivity contribution is -0.141. The van der Waals surface area contributed by atoms with Crippen LogP contribution in [0, 0.1) is 5.41 Å². The molecule has 0 spiro atoms. The van der Waals surface area contributed by atoms with E-state index in [-0.39, 0.29) is 11.8 Å². The third-order valence-corrected chi connectivity index (χ3v) is 7.64. The van der Waals surface area contributed by atoms with Gasteiger partial charge in [-0.3, -0.25) is 9.59 Å². The molecular weight excluding hydrogens is 512 g/mol. The van der Waals surface area contributed by atoms with Crippen molar-refractivity contribution in [3.63, 3.8) is 0 Å². The summed E-state index contributed by atoms with van der Waals surface area (Å²) in [7, 11) is 1.84. The van der Waals surface area contributed by atoms with Crippen LogP contribution in [0.4, 0.5) is 0 Å². The van der Waals surface area contributed by atoms with Crippen LogP contribution in [-0.4, -0.2) is 57.9 Å². The van der Waals surface area contributed by atoms with Crippen LogP contribution in [0.1, 0.15) is 56.8 Å². The number of hydrogen-bond donors (Lipinski definition) is 0. The molecule has 1 atom stereocenters. The molecule has 0 radical (unpaired) electrons. The highest BCUT2D eigenvalue weighted by atomic mass is 35.5. The van der Waals surface area contributed by atoms with E-state index in [2.05, 4.69) is 23.4 Å². The van der Waals surface area contributed by atoms with Crippen molar-refractivity contribution < 1.29 is 14.3 Å². The number of aryl methyl sites for hydroxylation is 1. The van der Waals surface area contributed by atoms with Gasteiger partial charge >= 0.3 is 0 Å². The molecular formula is C31H39ClN4O3. The molecule has 39 heavy (non-hydrogen) atoms. The van der Waals surface area contributed by atoms with Crippen LogP contribution in [0.5, 0.6) is 5.75 Å². The van der Waals surface area contributed by atoms with Crippen molar-refractivity contribution in [2.75, 3.05) is 26.7 Å². The summed E-state index contributed by atoms with van der Waals surface area (Å²) in [4.78, 5) is 35.0. The molecule has 0 saturated carbocycles. The highest BCUT2D eigenvalue weighted by Crippen LogP contribution is 2.36. The van der Waals surface area contributed by atoms with E-state index in [1.54, 1.807) is 23.2 Å². The molecule has 7 nitrogen and oxygen atoms in total. The fourth-order valence-corrected chi connectivity index (χ4v) is 5.49. The average Bonchev–Trinajstić information content (AvgIpc) is 3.40. The molecule has 1 aromatic heterocycles.